The molecular weight excluding hydrogens is 295 g/mol. The van der Waals surface area contributed by atoms with E-state index in [0.717, 1.165) is 30.2 Å². The Kier molecular flexibility index (Phi) is 5.10. The first kappa shape index (κ1) is 16.4. The van der Waals surface area contributed by atoms with Gasteiger partial charge >= 0.3 is 0 Å². The number of hydrogen-bond acceptors (Lipinski definition) is 0. The van der Waals surface area contributed by atoms with Crippen molar-refractivity contribution in [1.29, 1.82) is 0 Å². The minimum absolute atomic E-state index is 0.128. The molecule has 0 atom stereocenters. The second-order valence-corrected chi connectivity index (χ2v) is 6.14. The van der Waals surface area contributed by atoms with Crippen LogP contribution in [0.4, 0.5) is 4.39 Å². The zero-order chi connectivity index (χ0) is 16.9. The third kappa shape index (κ3) is 3.41. The average molecular weight is 318 g/mol. The Morgan fingerprint density at radius 2 is 1.67 bits per heavy atom. The zero-order valence-electron chi connectivity index (χ0n) is 14.4. The Hall–Kier alpha value is -2.41. The van der Waals surface area contributed by atoms with Crippen LogP contribution in [-0.4, -0.2) is 0 Å². The van der Waals surface area contributed by atoms with Gasteiger partial charge in [0.05, 0.1) is 0 Å². The van der Waals surface area contributed by atoms with Gasteiger partial charge in [-0.25, -0.2) is 4.39 Å². The van der Waals surface area contributed by atoms with Crippen LogP contribution in [0.2, 0.25) is 0 Å². The third-order valence-corrected chi connectivity index (χ3v) is 4.53. The number of fused-ring (bicyclic) bond motifs is 1. The van der Waals surface area contributed by atoms with Crippen LogP contribution in [0.15, 0.2) is 66.7 Å². The maximum Gasteiger partial charge on any atom is 0.138 e. The molecule has 0 aromatic heterocycles. The van der Waals surface area contributed by atoms with Crippen LogP contribution in [0.3, 0.4) is 0 Å². The van der Waals surface area contributed by atoms with Gasteiger partial charge in [-0.2, -0.15) is 0 Å². The Morgan fingerprint density at radius 3 is 2.38 bits per heavy atom. The van der Waals surface area contributed by atoms with Gasteiger partial charge < -0.3 is 0 Å². The van der Waals surface area contributed by atoms with Gasteiger partial charge in [0.25, 0.3) is 0 Å². The molecule has 0 fully saturated rings. The zero-order valence-corrected chi connectivity index (χ0v) is 14.4. The molecule has 1 heteroatoms. The molecule has 24 heavy (non-hydrogen) atoms. The van der Waals surface area contributed by atoms with Crippen LogP contribution in [0, 0.1) is 5.82 Å². The summed E-state index contributed by atoms with van der Waals surface area (Å²) in [6.45, 7) is 4.15. The molecule has 122 valence electrons. The lowest BCUT2D eigenvalue weighted by atomic mass is 9.97. The Balaban J connectivity index is 1.92. The summed E-state index contributed by atoms with van der Waals surface area (Å²) in [4.78, 5) is 0. The summed E-state index contributed by atoms with van der Waals surface area (Å²) in [7, 11) is 0. The fraction of sp³-hybridized carbons (Fsp3) is 0.217. The molecule has 0 spiro atoms. The van der Waals surface area contributed by atoms with Crippen molar-refractivity contribution in [3.8, 4) is 11.1 Å². The highest BCUT2D eigenvalue weighted by Crippen LogP contribution is 2.30. The van der Waals surface area contributed by atoms with Gasteiger partial charge in [-0.1, -0.05) is 73.7 Å². The molecule has 0 saturated heterocycles. The molecule has 0 unspecified atom stereocenters. The predicted octanol–water partition coefficient (Wildman–Crippen LogP) is 6.72. The molecule has 0 nitrogen and oxygen atoms in total. The molecule has 0 bridgehead atoms. The van der Waals surface area contributed by atoms with Crippen LogP contribution >= 0.6 is 0 Å². The molecular formula is C23H23F. The van der Waals surface area contributed by atoms with Crippen LogP contribution in [-0.2, 0) is 12.8 Å². The number of allylic oxidation sites excluding steroid dienone is 2. The summed E-state index contributed by atoms with van der Waals surface area (Å²) in [5.74, 6) is -0.128. The van der Waals surface area contributed by atoms with E-state index in [4.69, 9.17) is 0 Å². The van der Waals surface area contributed by atoms with Crippen molar-refractivity contribution in [2.75, 3.05) is 0 Å². The van der Waals surface area contributed by atoms with Gasteiger partial charge in [0, 0.05) is 10.9 Å². The van der Waals surface area contributed by atoms with Gasteiger partial charge in [0.1, 0.15) is 5.82 Å². The van der Waals surface area contributed by atoms with E-state index in [0.29, 0.717) is 10.9 Å². The lowest BCUT2D eigenvalue weighted by Gasteiger charge is -2.09. The van der Waals surface area contributed by atoms with E-state index in [1.807, 2.05) is 43.3 Å². The highest BCUT2D eigenvalue weighted by molar-refractivity contribution is 5.88. The summed E-state index contributed by atoms with van der Waals surface area (Å²) < 4.78 is 14.9. The molecule has 3 aromatic carbocycles. The summed E-state index contributed by atoms with van der Waals surface area (Å²) in [5, 5.41) is 1.67. The van der Waals surface area contributed by atoms with Crippen molar-refractivity contribution in [3.05, 3.63) is 83.7 Å². The first-order valence-corrected chi connectivity index (χ1v) is 8.64. The molecule has 0 radical (unpaired) electrons. The molecule has 0 N–H and O–H groups in total. The number of hydrogen-bond donors (Lipinski definition) is 0. The highest BCUT2D eigenvalue weighted by Gasteiger charge is 2.09. The van der Waals surface area contributed by atoms with Crippen molar-refractivity contribution in [2.24, 2.45) is 0 Å². The van der Waals surface area contributed by atoms with Crippen molar-refractivity contribution in [3.63, 3.8) is 0 Å². The van der Waals surface area contributed by atoms with E-state index in [1.165, 1.54) is 11.1 Å². The molecule has 0 amide bonds. The van der Waals surface area contributed by atoms with Gasteiger partial charge in [-0.05, 0) is 48.3 Å². The SMILES string of the molecule is C/C=C/CCc1ccc(-c2ccc3cc(CC)ccc3c2F)cc1. The third-order valence-electron chi connectivity index (χ3n) is 4.53. The standard InChI is InChI=1S/C23H23F/c1-3-5-6-7-18-8-11-19(12-9-18)21-15-13-20-16-17(4-2)10-14-22(20)23(21)24/h3,5,8-16H,4,6-7H2,1-2H3/b5-3+. The lowest BCUT2D eigenvalue weighted by Crippen LogP contribution is -1.90. The summed E-state index contributed by atoms with van der Waals surface area (Å²) in [6.07, 6.45) is 7.27. The lowest BCUT2D eigenvalue weighted by molar-refractivity contribution is 0.643. The molecule has 0 aliphatic rings. The minimum atomic E-state index is -0.128. The highest BCUT2D eigenvalue weighted by atomic mass is 19.1. The Bertz CT molecular complexity index is 857. The minimum Gasteiger partial charge on any atom is -0.206 e. The van der Waals surface area contributed by atoms with Gasteiger partial charge in [-0.3, -0.25) is 0 Å². The molecule has 0 aliphatic heterocycles. The summed E-state index contributed by atoms with van der Waals surface area (Å²) in [5.41, 5.74) is 4.13. The van der Waals surface area contributed by atoms with E-state index in [2.05, 4.69) is 37.3 Å². The first-order valence-electron chi connectivity index (χ1n) is 8.64. The van der Waals surface area contributed by atoms with Crippen LogP contribution < -0.4 is 0 Å². The fourth-order valence-electron chi connectivity index (χ4n) is 3.05. The van der Waals surface area contributed by atoms with Gasteiger partial charge in [0.15, 0.2) is 0 Å². The molecule has 0 aliphatic carbocycles. The quantitative estimate of drug-likeness (QED) is 0.458. The second-order valence-electron chi connectivity index (χ2n) is 6.14. The van der Waals surface area contributed by atoms with Crippen molar-refractivity contribution in [2.45, 2.75) is 33.1 Å². The Labute approximate surface area is 143 Å². The molecule has 3 rings (SSSR count). The smallest absolute Gasteiger partial charge is 0.138 e. The maximum absolute atomic E-state index is 14.9. The van der Waals surface area contributed by atoms with E-state index in [1.54, 1.807) is 0 Å². The summed E-state index contributed by atoms with van der Waals surface area (Å²) in [6, 6.07) is 18.2. The van der Waals surface area contributed by atoms with Crippen LogP contribution in [0.5, 0.6) is 0 Å². The number of benzene rings is 3. The average Bonchev–Trinajstić information content (AvgIpc) is 2.63. The van der Waals surface area contributed by atoms with Gasteiger partial charge in [0.2, 0.25) is 0 Å². The fourth-order valence-corrected chi connectivity index (χ4v) is 3.05. The van der Waals surface area contributed by atoms with E-state index in [-0.39, 0.29) is 5.82 Å². The number of halogens is 1. The Morgan fingerprint density at radius 1 is 0.917 bits per heavy atom. The molecule has 0 saturated carbocycles. The van der Waals surface area contributed by atoms with E-state index >= 15 is 0 Å². The topological polar surface area (TPSA) is 0 Å². The molecule has 3 aromatic rings. The maximum atomic E-state index is 14.9. The largest absolute Gasteiger partial charge is 0.206 e. The predicted molar refractivity (Wildman–Crippen MR) is 102 cm³/mol. The first-order chi connectivity index (χ1) is 11.7. The van der Waals surface area contributed by atoms with E-state index < -0.39 is 0 Å². The van der Waals surface area contributed by atoms with Crippen LogP contribution in [0.1, 0.15) is 31.4 Å². The van der Waals surface area contributed by atoms with Crippen molar-refractivity contribution < 1.29 is 4.39 Å². The van der Waals surface area contributed by atoms with E-state index in [9.17, 15) is 4.39 Å². The monoisotopic (exact) mass is 318 g/mol. The second kappa shape index (κ2) is 7.44. The van der Waals surface area contributed by atoms with Crippen LogP contribution in [0.25, 0.3) is 21.9 Å². The normalized spacial score (nSPS) is 11.5. The van der Waals surface area contributed by atoms with Crippen molar-refractivity contribution >= 4 is 10.8 Å². The number of rotatable bonds is 5. The van der Waals surface area contributed by atoms with Crippen molar-refractivity contribution in [1.82, 2.24) is 0 Å². The summed E-state index contributed by atoms with van der Waals surface area (Å²) >= 11 is 0. The number of aryl methyl sites for hydroxylation is 2. The van der Waals surface area contributed by atoms with Gasteiger partial charge in [-0.15, -0.1) is 0 Å². The molecule has 0 heterocycles.